The first-order chi connectivity index (χ1) is 7.13. The van der Waals surface area contributed by atoms with E-state index in [1.54, 1.807) is 0 Å². The molecule has 1 N–H and O–H groups in total. The Balaban J connectivity index is 2.17. The van der Waals surface area contributed by atoms with Crippen LogP contribution in [0, 0.1) is 5.92 Å². The minimum Gasteiger partial charge on any atom is -0.313 e. The van der Waals surface area contributed by atoms with Crippen molar-refractivity contribution in [2.24, 2.45) is 5.92 Å². The highest BCUT2D eigenvalue weighted by Gasteiger charge is 2.30. The third-order valence-electron chi connectivity index (χ3n) is 3.09. The molecule has 15 heavy (non-hydrogen) atoms. The summed E-state index contributed by atoms with van der Waals surface area (Å²) < 4.78 is 0. The molecule has 0 bridgehead atoms. The Bertz CT molecular complexity index is 166. The molecule has 1 unspecified atom stereocenters. The summed E-state index contributed by atoms with van der Waals surface area (Å²) in [6.07, 6.45) is 2.86. The quantitative estimate of drug-likeness (QED) is 0.645. The Morgan fingerprint density at radius 3 is 2.33 bits per heavy atom. The third kappa shape index (κ3) is 5.50. The van der Waals surface area contributed by atoms with Gasteiger partial charge in [0.1, 0.15) is 0 Å². The van der Waals surface area contributed by atoms with E-state index in [0.717, 1.165) is 25.0 Å². The lowest BCUT2D eigenvalue weighted by molar-refractivity contribution is 0.247. The molecule has 0 amide bonds. The molecule has 1 fully saturated rings. The van der Waals surface area contributed by atoms with E-state index in [1.807, 2.05) is 0 Å². The van der Waals surface area contributed by atoms with Crippen LogP contribution in [-0.2, 0) is 0 Å². The molecule has 0 aromatic carbocycles. The molecular weight excluding hydrogens is 186 g/mol. The van der Waals surface area contributed by atoms with Crippen LogP contribution in [0.4, 0.5) is 0 Å². The lowest BCUT2D eigenvalue weighted by atomic mass is 10.1. The fourth-order valence-electron chi connectivity index (χ4n) is 1.94. The van der Waals surface area contributed by atoms with Gasteiger partial charge in [-0.05, 0) is 46.4 Å². The number of nitrogens with zero attached hydrogens (tertiary/aromatic N) is 2. The molecule has 0 radical (unpaired) electrons. The second kappa shape index (κ2) is 6.46. The van der Waals surface area contributed by atoms with Crippen LogP contribution in [0.1, 0.15) is 19.8 Å². The third-order valence-corrected chi connectivity index (χ3v) is 3.09. The van der Waals surface area contributed by atoms with Crippen molar-refractivity contribution in [2.45, 2.75) is 25.8 Å². The van der Waals surface area contributed by atoms with Crippen LogP contribution in [0.25, 0.3) is 0 Å². The van der Waals surface area contributed by atoms with E-state index in [1.165, 1.54) is 25.9 Å². The molecule has 1 saturated carbocycles. The highest BCUT2D eigenvalue weighted by molar-refractivity contribution is 4.87. The topological polar surface area (TPSA) is 18.5 Å². The van der Waals surface area contributed by atoms with Gasteiger partial charge in [0.2, 0.25) is 0 Å². The summed E-state index contributed by atoms with van der Waals surface area (Å²) in [6, 6.07) is 0.724. The molecule has 90 valence electrons. The fraction of sp³-hybridized carbons (Fsp3) is 1.00. The van der Waals surface area contributed by atoms with Gasteiger partial charge in [0, 0.05) is 25.7 Å². The molecule has 3 nitrogen and oxygen atoms in total. The Morgan fingerprint density at radius 2 is 1.87 bits per heavy atom. The molecule has 0 heterocycles. The van der Waals surface area contributed by atoms with Crippen LogP contribution >= 0.6 is 0 Å². The fourth-order valence-corrected chi connectivity index (χ4v) is 1.94. The maximum atomic E-state index is 3.61. The predicted octanol–water partition coefficient (Wildman–Crippen LogP) is 0.868. The Hall–Kier alpha value is -0.120. The largest absolute Gasteiger partial charge is 0.313 e. The number of rotatable bonds is 8. The predicted molar refractivity (Wildman–Crippen MR) is 66.2 cm³/mol. The summed E-state index contributed by atoms with van der Waals surface area (Å²) in [7, 11) is 6.50. The first kappa shape index (κ1) is 12.9. The lowest BCUT2D eigenvalue weighted by Gasteiger charge is -2.25. The minimum atomic E-state index is 0.724. The minimum absolute atomic E-state index is 0.724. The van der Waals surface area contributed by atoms with Crippen LogP contribution in [0.3, 0.4) is 0 Å². The van der Waals surface area contributed by atoms with Crippen molar-refractivity contribution in [1.82, 2.24) is 15.1 Å². The van der Waals surface area contributed by atoms with Gasteiger partial charge >= 0.3 is 0 Å². The molecule has 0 spiro atoms. The first-order valence-electron chi connectivity index (χ1n) is 6.20. The standard InChI is InChI=1S/C12H27N3/c1-5-13-12(11-6-7-11)10-15(4)9-8-14(2)3/h11-13H,5-10H2,1-4H3. The maximum Gasteiger partial charge on any atom is 0.0223 e. The van der Waals surface area contributed by atoms with Gasteiger partial charge in [-0.15, -0.1) is 0 Å². The monoisotopic (exact) mass is 213 g/mol. The Kier molecular flexibility index (Phi) is 5.58. The summed E-state index contributed by atoms with van der Waals surface area (Å²) in [5, 5.41) is 3.61. The van der Waals surface area contributed by atoms with Gasteiger partial charge in [0.15, 0.2) is 0 Å². The van der Waals surface area contributed by atoms with Crippen molar-refractivity contribution >= 4 is 0 Å². The molecule has 0 aliphatic heterocycles. The zero-order valence-electron chi connectivity index (χ0n) is 10.8. The van der Waals surface area contributed by atoms with Crippen molar-refractivity contribution in [3.05, 3.63) is 0 Å². The van der Waals surface area contributed by atoms with Gasteiger partial charge in [-0.1, -0.05) is 6.92 Å². The molecular formula is C12H27N3. The van der Waals surface area contributed by atoms with Gasteiger partial charge in [-0.25, -0.2) is 0 Å². The van der Waals surface area contributed by atoms with Crippen LogP contribution in [0.15, 0.2) is 0 Å². The van der Waals surface area contributed by atoms with Gasteiger partial charge < -0.3 is 15.1 Å². The molecule has 0 saturated heterocycles. The SMILES string of the molecule is CCNC(CN(C)CCN(C)C)C1CC1. The van der Waals surface area contributed by atoms with E-state index >= 15 is 0 Å². The van der Waals surface area contributed by atoms with Crippen molar-refractivity contribution in [1.29, 1.82) is 0 Å². The van der Waals surface area contributed by atoms with Crippen LogP contribution in [0.2, 0.25) is 0 Å². The molecule has 0 aromatic rings. The normalized spacial score (nSPS) is 18.8. The summed E-state index contributed by atoms with van der Waals surface area (Å²) in [6.45, 7) is 6.83. The summed E-state index contributed by atoms with van der Waals surface area (Å²) in [4.78, 5) is 4.70. The van der Waals surface area contributed by atoms with E-state index in [-0.39, 0.29) is 0 Å². The number of likely N-dealkylation sites (N-methyl/N-ethyl adjacent to an activating group) is 3. The van der Waals surface area contributed by atoms with E-state index < -0.39 is 0 Å². The van der Waals surface area contributed by atoms with Crippen LogP contribution < -0.4 is 5.32 Å². The van der Waals surface area contributed by atoms with Gasteiger partial charge in [-0.2, -0.15) is 0 Å². The smallest absolute Gasteiger partial charge is 0.0223 e. The second-order valence-electron chi connectivity index (χ2n) is 5.07. The number of hydrogen-bond acceptors (Lipinski definition) is 3. The molecule has 1 rings (SSSR count). The Labute approximate surface area is 94.8 Å². The highest BCUT2D eigenvalue weighted by Crippen LogP contribution is 2.32. The summed E-state index contributed by atoms with van der Waals surface area (Å²) in [5.41, 5.74) is 0. The summed E-state index contributed by atoms with van der Waals surface area (Å²) >= 11 is 0. The maximum absolute atomic E-state index is 3.61. The van der Waals surface area contributed by atoms with Gasteiger partial charge in [0.25, 0.3) is 0 Å². The lowest BCUT2D eigenvalue weighted by Crippen LogP contribution is -2.42. The van der Waals surface area contributed by atoms with Crippen LogP contribution in [-0.4, -0.2) is 63.2 Å². The first-order valence-corrected chi connectivity index (χ1v) is 6.20. The number of hydrogen-bond donors (Lipinski definition) is 1. The molecule has 3 heteroatoms. The highest BCUT2D eigenvalue weighted by atomic mass is 15.2. The van der Waals surface area contributed by atoms with E-state index in [2.05, 4.69) is 43.2 Å². The summed E-state index contributed by atoms with van der Waals surface area (Å²) in [5.74, 6) is 0.951. The van der Waals surface area contributed by atoms with Crippen molar-refractivity contribution in [2.75, 3.05) is 47.3 Å². The number of nitrogens with one attached hydrogen (secondary N) is 1. The zero-order valence-corrected chi connectivity index (χ0v) is 10.8. The zero-order chi connectivity index (χ0) is 11.3. The van der Waals surface area contributed by atoms with Gasteiger partial charge in [0.05, 0.1) is 0 Å². The van der Waals surface area contributed by atoms with E-state index in [0.29, 0.717) is 0 Å². The van der Waals surface area contributed by atoms with Crippen LogP contribution in [0.5, 0.6) is 0 Å². The average molecular weight is 213 g/mol. The van der Waals surface area contributed by atoms with Crippen molar-refractivity contribution in [3.8, 4) is 0 Å². The average Bonchev–Trinajstić information content (AvgIpc) is 2.97. The molecule has 1 atom stereocenters. The van der Waals surface area contributed by atoms with E-state index in [4.69, 9.17) is 0 Å². The van der Waals surface area contributed by atoms with Crippen molar-refractivity contribution in [3.63, 3.8) is 0 Å². The molecule has 0 aromatic heterocycles. The Morgan fingerprint density at radius 1 is 1.20 bits per heavy atom. The van der Waals surface area contributed by atoms with Crippen molar-refractivity contribution < 1.29 is 0 Å². The van der Waals surface area contributed by atoms with Gasteiger partial charge in [-0.3, -0.25) is 0 Å². The second-order valence-corrected chi connectivity index (χ2v) is 5.07. The van der Waals surface area contributed by atoms with E-state index in [9.17, 15) is 0 Å². The molecule has 1 aliphatic rings. The molecule has 1 aliphatic carbocycles.